The monoisotopic (exact) mass is 479 g/mol. The minimum absolute atomic E-state index is 0.220. The van der Waals surface area contributed by atoms with E-state index in [1.165, 1.54) is 16.0 Å². The molecule has 1 N–H and O–H groups in total. The Labute approximate surface area is 149 Å². The maximum atomic E-state index is 3.71. The number of aryl methyl sites for hydroxylation is 1. The van der Waals surface area contributed by atoms with Crippen LogP contribution < -0.4 is 5.32 Å². The van der Waals surface area contributed by atoms with Crippen molar-refractivity contribution in [2.24, 2.45) is 0 Å². The Morgan fingerprint density at radius 2 is 1.90 bits per heavy atom. The van der Waals surface area contributed by atoms with Gasteiger partial charge in [0.1, 0.15) is 0 Å². The SMILES string of the molecule is CCCNC(c1ccc(Br)s1)c1cc(Br)c(C)cc1Br. The van der Waals surface area contributed by atoms with Crippen molar-refractivity contribution in [2.75, 3.05) is 6.54 Å². The highest BCUT2D eigenvalue weighted by Gasteiger charge is 2.19. The van der Waals surface area contributed by atoms with Crippen LogP contribution in [-0.4, -0.2) is 6.54 Å². The van der Waals surface area contributed by atoms with Crippen molar-refractivity contribution in [1.82, 2.24) is 5.32 Å². The highest BCUT2D eigenvalue weighted by Crippen LogP contribution is 2.36. The molecule has 1 heterocycles. The van der Waals surface area contributed by atoms with Crippen LogP contribution in [0.4, 0.5) is 0 Å². The number of benzene rings is 1. The molecule has 0 amide bonds. The number of rotatable bonds is 5. The molecule has 20 heavy (non-hydrogen) atoms. The predicted molar refractivity (Wildman–Crippen MR) is 98.7 cm³/mol. The van der Waals surface area contributed by atoms with Gasteiger partial charge in [-0.15, -0.1) is 11.3 Å². The number of hydrogen-bond acceptors (Lipinski definition) is 2. The molecule has 1 unspecified atom stereocenters. The molecule has 0 fully saturated rings. The Bertz CT molecular complexity index is 595. The number of nitrogens with one attached hydrogen (secondary N) is 1. The summed E-state index contributed by atoms with van der Waals surface area (Å²) in [5.41, 5.74) is 2.51. The summed E-state index contributed by atoms with van der Waals surface area (Å²) < 4.78 is 3.46. The molecule has 0 aliphatic rings. The zero-order chi connectivity index (χ0) is 14.7. The van der Waals surface area contributed by atoms with Crippen molar-refractivity contribution < 1.29 is 0 Å². The molecule has 1 nitrogen and oxygen atoms in total. The van der Waals surface area contributed by atoms with E-state index in [4.69, 9.17) is 0 Å². The molecule has 108 valence electrons. The fourth-order valence-corrected chi connectivity index (χ4v) is 4.59. The average molecular weight is 482 g/mol. The lowest BCUT2D eigenvalue weighted by atomic mass is 10.0. The van der Waals surface area contributed by atoms with E-state index >= 15 is 0 Å². The van der Waals surface area contributed by atoms with Crippen LogP contribution >= 0.6 is 59.1 Å². The third-order valence-corrected chi connectivity index (χ3v) is 6.30. The third-order valence-electron chi connectivity index (χ3n) is 3.07. The van der Waals surface area contributed by atoms with E-state index in [1.807, 2.05) is 0 Å². The first kappa shape index (κ1) is 16.7. The molecule has 0 saturated carbocycles. The molecule has 1 aromatic heterocycles. The van der Waals surface area contributed by atoms with Crippen LogP contribution in [0.2, 0.25) is 0 Å². The molecule has 0 radical (unpaired) electrons. The standard InChI is InChI=1S/C15H16Br3NS/c1-3-6-19-15(13-4-5-14(18)20-13)10-8-11(16)9(2)7-12(10)17/h4-5,7-8,15,19H,3,6H2,1-2H3. The first-order valence-corrected chi connectivity index (χ1v) is 9.66. The van der Waals surface area contributed by atoms with E-state index in [1.54, 1.807) is 11.3 Å². The molecule has 0 spiro atoms. The fourth-order valence-electron chi connectivity index (χ4n) is 2.02. The molecular weight excluding hydrogens is 466 g/mol. The summed E-state index contributed by atoms with van der Waals surface area (Å²) >= 11 is 12.7. The van der Waals surface area contributed by atoms with Crippen LogP contribution in [0.15, 0.2) is 37.0 Å². The molecule has 5 heteroatoms. The normalized spacial score (nSPS) is 12.7. The predicted octanol–water partition coefficient (Wildman–Crippen LogP) is 6.43. The van der Waals surface area contributed by atoms with Crippen molar-refractivity contribution in [2.45, 2.75) is 26.3 Å². The van der Waals surface area contributed by atoms with Gasteiger partial charge in [-0.25, -0.2) is 0 Å². The van der Waals surface area contributed by atoms with Gasteiger partial charge in [0.2, 0.25) is 0 Å². The van der Waals surface area contributed by atoms with Crippen LogP contribution in [0.5, 0.6) is 0 Å². The molecular formula is C15H16Br3NS. The van der Waals surface area contributed by atoms with Gasteiger partial charge in [-0.2, -0.15) is 0 Å². The maximum Gasteiger partial charge on any atom is 0.0702 e. The number of hydrogen-bond donors (Lipinski definition) is 1. The molecule has 2 aromatic rings. The Balaban J connectivity index is 2.43. The summed E-state index contributed by atoms with van der Waals surface area (Å²) in [7, 11) is 0. The minimum atomic E-state index is 0.220. The van der Waals surface area contributed by atoms with Crippen LogP contribution in [0.25, 0.3) is 0 Å². The smallest absolute Gasteiger partial charge is 0.0702 e. The maximum absolute atomic E-state index is 3.71. The summed E-state index contributed by atoms with van der Waals surface area (Å²) in [4.78, 5) is 1.32. The average Bonchev–Trinajstić information content (AvgIpc) is 2.82. The van der Waals surface area contributed by atoms with Crippen molar-refractivity contribution in [3.05, 3.63) is 53.0 Å². The van der Waals surface area contributed by atoms with Crippen LogP contribution in [0.1, 0.15) is 35.4 Å². The highest BCUT2D eigenvalue weighted by molar-refractivity contribution is 9.11. The zero-order valence-corrected chi connectivity index (χ0v) is 16.9. The van der Waals surface area contributed by atoms with Crippen molar-refractivity contribution in [3.63, 3.8) is 0 Å². The first-order valence-electron chi connectivity index (χ1n) is 6.47. The molecule has 0 aliphatic heterocycles. The van der Waals surface area contributed by atoms with Crippen molar-refractivity contribution in [3.8, 4) is 0 Å². The molecule has 0 aliphatic carbocycles. The molecule has 2 rings (SSSR count). The second kappa shape index (κ2) is 7.54. The summed E-state index contributed by atoms with van der Waals surface area (Å²) in [5, 5.41) is 3.64. The van der Waals surface area contributed by atoms with Crippen molar-refractivity contribution in [1.29, 1.82) is 0 Å². The summed E-state index contributed by atoms with van der Waals surface area (Å²) in [6, 6.07) is 8.89. The summed E-state index contributed by atoms with van der Waals surface area (Å²) in [6.45, 7) is 5.29. The first-order chi connectivity index (χ1) is 9.52. The van der Waals surface area contributed by atoms with Gasteiger partial charge in [-0.3, -0.25) is 0 Å². The minimum Gasteiger partial charge on any atom is -0.306 e. The van der Waals surface area contributed by atoms with Crippen LogP contribution in [0, 0.1) is 6.92 Å². The van der Waals surface area contributed by atoms with E-state index in [-0.39, 0.29) is 6.04 Å². The van der Waals surface area contributed by atoms with Gasteiger partial charge in [0, 0.05) is 13.8 Å². The lowest BCUT2D eigenvalue weighted by Crippen LogP contribution is -2.22. The number of thiophene rings is 1. The lowest BCUT2D eigenvalue weighted by Gasteiger charge is -2.20. The lowest BCUT2D eigenvalue weighted by molar-refractivity contribution is 0.604. The Kier molecular flexibility index (Phi) is 6.29. The second-order valence-electron chi connectivity index (χ2n) is 4.65. The third kappa shape index (κ3) is 3.95. The van der Waals surface area contributed by atoms with Crippen LogP contribution in [0.3, 0.4) is 0 Å². The van der Waals surface area contributed by atoms with E-state index in [2.05, 4.69) is 91.2 Å². The topological polar surface area (TPSA) is 12.0 Å². The largest absolute Gasteiger partial charge is 0.306 e. The summed E-state index contributed by atoms with van der Waals surface area (Å²) in [5.74, 6) is 0. The van der Waals surface area contributed by atoms with Gasteiger partial charge < -0.3 is 5.32 Å². The Hall–Kier alpha value is 0.320. The zero-order valence-electron chi connectivity index (χ0n) is 11.3. The van der Waals surface area contributed by atoms with E-state index in [0.717, 1.165) is 25.7 Å². The molecule has 1 atom stereocenters. The second-order valence-corrected chi connectivity index (χ2v) is 8.86. The Morgan fingerprint density at radius 3 is 2.50 bits per heavy atom. The molecule has 0 bridgehead atoms. The van der Waals surface area contributed by atoms with E-state index in [0.29, 0.717) is 0 Å². The van der Waals surface area contributed by atoms with Crippen LogP contribution in [-0.2, 0) is 0 Å². The van der Waals surface area contributed by atoms with Gasteiger partial charge in [0.15, 0.2) is 0 Å². The fraction of sp³-hybridized carbons (Fsp3) is 0.333. The summed E-state index contributed by atoms with van der Waals surface area (Å²) in [6.07, 6.45) is 1.12. The highest BCUT2D eigenvalue weighted by atomic mass is 79.9. The van der Waals surface area contributed by atoms with Gasteiger partial charge in [-0.05, 0) is 71.2 Å². The van der Waals surface area contributed by atoms with Gasteiger partial charge in [-0.1, -0.05) is 38.8 Å². The van der Waals surface area contributed by atoms with E-state index in [9.17, 15) is 0 Å². The van der Waals surface area contributed by atoms with Gasteiger partial charge in [0.25, 0.3) is 0 Å². The number of halogens is 3. The molecule has 1 aromatic carbocycles. The van der Waals surface area contributed by atoms with E-state index < -0.39 is 0 Å². The Morgan fingerprint density at radius 1 is 1.15 bits per heavy atom. The van der Waals surface area contributed by atoms with Crippen molar-refractivity contribution >= 4 is 59.1 Å². The van der Waals surface area contributed by atoms with Gasteiger partial charge in [0.05, 0.1) is 9.83 Å². The molecule has 0 saturated heterocycles. The van der Waals surface area contributed by atoms with Gasteiger partial charge >= 0.3 is 0 Å². The quantitative estimate of drug-likeness (QED) is 0.518.